The maximum absolute atomic E-state index is 11.3. The van der Waals surface area contributed by atoms with E-state index in [-0.39, 0.29) is 5.56 Å². The van der Waals surface area contributed by atoms with E-state index in [1.165, 1.54) is 21.3 Å². The number of ether oxygens (including phenoxy) is 4. The highest BCUT2D eigenvalue weighted by Crippen LogP contribution is 2.44. The van der Waals surface area contributed by atoms with Crippen LogP contribution in [-0.2, 0) is 6.61 Å². The van der Waals surface area contributed by atoms with Crippen molar-refractivity contribution in [1.82, 2.24) is 0 Å². The highest BCUT2D eigenvalue weighted by atomic mass is 16.5. The molecule has 0 atom stereocenters. The summed E-state index contributed by atoms with van der Waals surface area (Å²) >= 11 is 0. The van der Waals surface area contributed by atoms with Crippen molar-refractivity contribution in [1.29, 1.82) is 0 Å². The molecule has 0 radical (unpaired) electrons. The predicted octanol–water partition coefficient (Wildman–Crippen LogP) is 3.10. The summed E-state index contributed by atoms with van der Waals surface area (Å²) in [6, 6.07) is 11.4. The minimum atomic E-state index is 0.286. The van der Waals surface area contributed by atoms with Crippen molar-refractivity contribution in [2.45, 2.75) is 6.61 Å². The molecule has 0 N–H and O–H groups in total. The van der Waals surface area contributed by atoms with Gasteiger partial charge in [0.25, 0.3) is 0 Å². The van der Waals surface area contributed by atoms with Crippen LogP contribution in [-0.4, -0.2) is 27.6 Å². The van der Waals surface area contributed by atoms with Crippen molar-refractivity contribution in [3.63, 3.8) is 0 Å². The fourth-order valence-electron chi connectivity index (χ4n) is 2.13. The van der Waals surface area contributed by atoms with Crippen LogP contribution in [0.15, 0.2) is 36.4 Å². The lowest BCUT2D eigenvalue weighted by Gasteiger charge is -2.17. The fourth-order valence-corrected chi connectivity index (χ4v) is 2.13. The Morgan fingerprint density at radius 2 is 1.59 bits per heavy atom. The van der Waals surface area contributed by atoms with Crippen LogP contribution in [0.4, 0.5) is 0 Å². The predicted molar refractivity (Wildman–Crippen MR) is 82.3 cm³/mol. The summed E-state index contributed by atoms with van der Waals surface area (Å²) in [6.07, 6.45) is 0.668. The van der Waals surface area contributed by atoms with Gasteiger partial charge in [-0.05, 0) is 5.56 Å². The normalized spacial score (nSPS) is 9.95. The quantitative estimate of drug-likeness (QED) is 0.736. The molecule has 0 aromatic heterocycles. The molecule has 0 bridgehead atoms. The van der Waals surface area contributed by atoms with E-state index >= 15 is 0 Å². The maximum atomic E-state index is 11.3. The Balaban J connectivity index is 2.39. The van der Waals surface area contributed by atoms with Crippen LogP contribution in [0.1, 0.15) is 15.9 Å². The van der Waals surface area contributed by atoms with Crippen molar-refractivity contribution < 1.29 is 23.7 Å². The largest absolute Gasteiger partial charge is 0.496 e. The molecular weight excluding hydrogens is 284 g/mol. The Morgan fingerprint density at radius 1 is 0.909 bits per heavy atom. The maximum Gasteiger partial charge on any atom is 0.204 e. The Morgan fingerprint density at radius 3 is 2.14 bits per heavy atom. The molecule has 116 valence electrons. The fraction of sp³-hybridized carbons (Fsp3) is 0.235. The zero-order chi connectivity index (χ0) is 15.9. The lowest BCUT2D eigenvalue weighted by atomic mass is 10.1. The van der Waals surface area contributed by atoms with E-state index in [1.807, 2.05) is 30.3 Å². The van der Waals surface area contributed by atoms with E-state index in [1.54, 1.807) is 6.07 Å². The third kappa shape index (κ3) is 3.14. The Bertz CT molecular complexity index is 637. The summed E-state index contributed by atoms with van der Waals surface area (Å²) in [6.45, 7) is 0.365. The van der Waals surface area contributed by atoms with Crippen molar-refractivity contribution in [3.05, 3.63) is 47.5 Å². The van der Waals surface area contributed by atoms with E-state index in [4.69, 9.17) is 18.9 Å². The summed E-state index contributed by atoms with van der Waals surface area (Å²) in [7, 11) is 4.44. The molecule has 0 aliphatic carbocycles. The summed E-state index contributed by atoms with van der Waals surface area (Å²) in [5.41, 5.74) is 1.30. The van der Waals surface area contributed by atoms with Crippen LogP contribution in [0, 0.1) is 0 Å². The molecule has 0 fully saturated rings. The van der Waals surface area contributed by atoms with Gasteiger partial charge in [0.05, 0.1) is 21.3 Å². The molecule has 0 spiro atoms. The number of hydrogen-bond acceptors (Lipinski definition) is 5. The van der Waals surface area contributed by atoms with Crippen LogP contribution in [0.3, 0.4) is 0 Å². The molecule has 0 heterocycles. The van der Waals surface area contributed by atoms with E-state index in [0.717, 1.165) is 5.56 Å². The zero-order valence-corrected chi connectivity index (χ0v) is 12.8. The van der Waals surface area contributed by atoms with Gasteiger partial charge in [-0.3, -0.25) is 4.79 Å². The first-order valence-electron chi connectivity index (χ1n) is 6.70. The second-order valence-corrected chi connectivity index (χ2v) is 4.45. The van der Waals surface area contributed by atoms with Crippen LogP contribution >= 0.6 is 0 Å². The third-order valence-electron chi connectivity index (χ3n) is 3.19. The van der Waals surface area contributed by atoms with E-state index in [2.05, 4.69) is 0 Å². The van der Waals surface area contributed by atoms with Gasteiger partial charge >= 0.3 is 0 Å². The van der Waals surface area contributed by atoms with Gasteiger partial charge in [-0.1, -0.05) is 30.3 Å². The number of hydrogen-bond donors (Lipinski definition) is 0. The van der Waals surface area contributed by atoms with Crippen LogP contribution in [0.25, 0.3) is 0 Å². The minimum absolute atomic E-state index is 0.286. The summed E-state index contributed by atoms with van der Waals surface area (Å²) in [5, 5.41) is 0. The molecule has 0 unspecified atom stereocenters. The topological polar surface area (TPSA) is 54.0 Å². The average molecular weight is 302 g/mol. The minimum Gasteiger partial charge on any atom is -0.496 e. The van der Waals surface area contributed by atoms with Crippen molar-refractivity contribution in [2.75, 3.05) is 21.3 Å². The molecule has 5 nitrogen and oxygen atoms in total. The van der Waals surface area contributed by atoms with Crippen LogP contribution in [0.5, 0.6) is 23.0 Å². The number of rotatable bonds is 7. The van der Waals surface area contributed by atoms with Gasteiger partial charge in [-0.25, -0.2) is 0 Å². The van der Waals surface area contributed by atoms with Crippen molar-refractivity contribution >= 4 is 6.29 Å². The molecule has 0 amide bonds. The molecule has 2 aromatic carbocycles. The monoisotopic (exact) mass is 302 g/mol. The molecule has 5 heteroatoms. The second kappa shape index (κ2) is 7.36. The highest BCUT2D eigenvalue weighted by Gasteiger charge is 2.21. The van der Waals surface area contributed by atoms with E-state index in [9.17, 15) is 4.79 Å². The van der Waals surface area contributed by atoms with E-state index in [0.29, 0.717) is 35.9 Å². The number of benzene rings is 2. The van der Waals surface area contributed by atoms with Crippen molar-refractivity contribution in [2.24, 2.45) is 0 Å². The Labute approximate surface area is 129 Å². The smallest absolute Gasteiger partial charge is 0.204 e. The van der Waals surface area contributed by atoms with Crippen LogP contribution < -0.4 is 18.9 Å². The SMILES string of the molecule is COc1cc(OCc2ccccc2)c(OC)c(OC)c1C=O. The summed E-state index contributed by atoms with van der Waals surface area (Å²) in [4.78, 5) is 11.3. The highest BCUT2D eigenvalue weighted by molar-refractivity contribution is 5.87. The Kier molecular flexibility index (Phi) is 5.25. The van der Waals surface area contributed by atoms with Gasteiger partial charge in [0.15, 0.2) is 17.8 Å². The van der Waals surface area contributed by atoms with Gasteiger partial charge in [0, 0.05) is 6.07 Å². The molecular formula is C17H18O5. The van der Waals surface area contributed by atoms with Crippen molar-refractivity contribution in [3.8, 4) is 23.0 Å². The standard InChI is InChI=1S/C17H18O5/c1-19-14-9-15(22-11-12-7-5-4-6-8-12)17(21-3)16(20-2)13(14)10-18/h4-10H,11H2,1-3H3. The third-order valence-corrected chi connectivity index (χ3v) is 3.19. The molecule has 0 aliphatic heterocycles. The first kappa shape index (κ1) is 15.7. The first-order valence-corrected chi connectivity index (χ1v) is 6.70. The molecule has 2 aromatic rings. The van der Waals surface area contributed by atoms with E-state index < -0.39 is 0 Å². The number of methoxy groups -OCH3 is 3. The lowest BCUT2D eigenvalue weighted by Crippen LogP contribution is -2.03. The zero-order valence-electron chi connectivity index (χ0n) is 12.8. The average Bonchev–Trinajstić information content (AvgIpc) is 2.58. The number of carbonyl (C=O) groups is 1. The van der Waals surface area contributed by atoms with Gasteiger partial charge in [0.1, 0.15) is 17.9 Å². The summed E-state index contributed by atoms with van der Waals surface area (Å²) in [5.74, 6) is 1.47. The van der Waals surface area contributed by atoms with Crippen LogP contribution in [0.2, 0.25) is 0 Å². The molecule has 2 rings (SSSR count). The molecule has 0 saturated heterocycles. The van der Waals surface area contributed by atoms with Gasteiger partial charge in [0.2, 0.25) is 5.75 Å². The van der Waals surface area contributed by atoms with Gasteiger partial charge in [-0.2, -0.15) is 0 Å². The molecule has 22 heavy (non-hydrogen) atoms. The first-order chi connectivity index (χ1) is 10.7. The van der Waals surface area contributed by atoms with Gasteiger partial charge in [-0.15, -0.1) is 0 Å². The number of carbonyl (C=O) groups excluding carboxylic acids is 1. The Hall–Kier alpha value is -2.69. The van der Waals surface area contributed by atoms with Gasteiger partial charge < -0.3 is 18.9 Å². The lowest BCUT2D eigenvalue weighted by molar-refractivity contribution is 0.111. The molecule has 0 saturated carbocycles. The number of aldehydes is 1. The summed E-state index contributed by atoms with van der Waals surface area (Å²) < 4.78 is 21.6. The molecule has 0 aliphatic rings. The second-order valence-electron chi connectivity index (χ2n) is 4.45.